The lowest BCUT2D eigenvalue weighted by Gasteiger charge is -2.23. The van der Waals surface area contributed by atoms with Gasteiger partial charge in [0.2, 0.25) is 0 Å². The summed E-state index contributed by atoms with van der Waals surface area (Å²) in [5.41, 5.74) is 1.10. The van der Waals surface area contributed by atoms with E-state index in [0.29, 0.717) is 5.75 Å². The van der Waals surface area contributed by atoms with Crippen molar-refractivity contribution in [3.05, 3.63) is 29.8 Å². The highest BCUT2D eigenvalue weighted by molar-refractivity contribution is 5.26. The first kappa shape index (κ1) is 11.4. The zero-order chi connectivity index (χ0) is 11.4. The Bertz CT molecular complexity index is 346. The average Bonchev–Trinajstić information content (AvgIpc) is 2.65. The lowest BCUT2D eigenvalue weighted by atomic mass is 10.0. The van der Waals surface area contributed by atoms with E-state index < -0.39 is 0 Å². The van der Waals surface area contributed by atoms with E-state index in [1.807, 2.05) is 12.1 Å². The van der Waals surface area contributed by atoms with Crippen molar-refractivity contribution in [3.63, 3.8) is 0 Å². The highest BCUT2D eigenvalue weighted by Gasteiger charge is 2.28. The van der Waals surface area contributed by atoms with Crippen LogP contribution >= 0.6 is 0 Å². The minimum absolute atomic E-state index is 0.00315. The molecule has 1 aliphatic rings. The lowest BCUT2D eigenvalue weighted by Crippen LogP contribution is -2.36. The van der Waals surface area contributed by atoms with Gasteiger partial charge in [0.1, 0.15) is 5.75 Å². The van der Waals surface area contributed by atoms with Crippen molar-refractivity contribution >= 4 is 0 Å². The number of hydrogen-bond acceptors (Lipinski definition) is 3. The monoisotopic (exact) mass is 221 g/mol. The average molecular weight is 221 g/mol. The Balaban J connectivity index is 1.79. The standard InChI is InChI=1S/C13H19NO2/c1-13(6-3-7-16-13)10-14-9-11-4-2-5-12(15)8-11/h2,4-5,8,14-15H,3,6-7,9-10H2,1H3. The first-order chi connectivity index (χ1) is 7.68. The second-order valence-corrected chi connectivity index (χ2v) is 4.68. The number of rotatable bonds is 4. The Morgan fingerprint density at radius 2 is 2.38 bits per heavy atom. The van der Waals surface area contributed by atoms with Crippen LogP contribution in [0.2, 0.25) is 0 Å². The molecule has 1 saturated heterocycles. The SMILES string of the molecule is CC1(CNCc2cccc(O)c2)CCCO1. The van der Waals surface area contributed by atoms with Gasteiger partial charge in [-0.25, -0.2) is 0 Å². The minimum Gasteiger partial charge on any atom is -0.508 e. The number of nitrogens with one attached hydrogen (secondary N) is 1. The van der Waals surface area contributed by atoms with Crippen LogP contribution < -0.4 is 5.32 Å². The molecule has 16 heavy (non-hydrogen) atoms. The second-order valence-electron chi connectivity index (χ2n) is 4.68. The Kier molecular flexibility index (Phi) is 3.46. The van der Waals surface area contributed by atoms with E-state index in [-0.39, 0.29) is 5.60 Å². The molecule has 1 aromatic rings. The van der Waals surface area contributed by atoms with E-state index in [4.69, 9.17) is 4.74 Å². The van der Waals surface area contributed by atoms with Crippen molar-refractivity contribution in [2.45, 2.75) is 31.9 Å². The summed E-state index contributed by atoms with van der Waals surface area (Å²) in [6.07, 6.45) is 2.28. The van der Waals surface area contributed by atoms with Crippen LogP contribution in [0.4, 0.5) is 0 Å². The van der Waals surface area contributed by atoms with Crippen LogP contribution in [-0.2, 0) is 11.3 Å². The first-order valence-corrected chi connectivity index (χ1v) is 5.81. The van der Waals surface area contributed by atoms with Crippen LogP contribution in [0, 0.1) is 0 Å². The van der Waals surface area contributed by atoms with E-state index in [1.165, 1.54) is 0 Å². The Morgan fingerprint density at radius 3 is 3.06 bits per heavy atom. The van der Waals surface area contributed by atoms with Crippen molar-refractivity contribution in [1.82, 2.24) is 5.32 Å². The molecule has 1 unspecified atom stereocenters. The van der Waals surface area contributed by atoms with Crippen LogP contribution in [0.25, 0.3) is 0 Å². The van der Waals surface area contributed by atoms with Crippen molar-refractivity contribution in [3.8, 4) is 5.75 Å². The van der Waals surface area contributed by atoms with Gasteiger partial charge in [0.05, 0.1) is 5.60 Å². The fraction of sp³-hybridized carbons (Fsp3) is 0.538. The molecular formula is C13H19NO2. The summed E-state index contributed by atoms with van der Waals surface area (Å²) in [6.45, 7) is 4.66. The number of ether oxygens (including phenoxy) is 1. The maximum Gasteiger partial charge on any atom is 0.115 e. The van der Waals surface area contributed by atoms with E-state index >= 15 is 0 Å². The largest absolute Gasteiger partial charge is 0.508 e. The fourth-order valence-electron chi connectivity index (χ4n) is 2.11. The van der Waals surface area contributed by atoms with Crippen LogP contribution in [-0.4, -0.2) is 23.9 Å². The zero-order valence-corrected chi connectivity index (χ0v) is 9.70. The van der Waals surface area contributed by atoms with Crippen molar-refractivity contribution < 1.29 is 9.84 Å². The normalized spacial score (nSPS) is 24.8. The van der Waals surface area contributed by atoms with Crippen LogP contribution in [0.5, 0.6) is 5.75 Å². The summed E-state index contributed by atoms with van der Waals surface area (Å²) in [5, 5.41) is 12.7. The van der Waals surface area contributed by atoms with Crippen molar-refractivity contribution in [1.29, 1.82) is 0 Å². The van der Waals surface area contributed by atoms with Crippen LogP contribution in [0.3, 0.4) is 0 Å². The third-order valence-corrected chi connectivity index (χ3v) is 3.04. The number of aromatic hydroxyl groups is 1. The third-order valence-electron chi connectivity index (χ3n) is 3.04. The van der Waals surface area contributed by atoms with Crippen molar-refractivity contribution in [2.24, 2.45) is 0 Å². The van der Waals surface area contributed by atoms with Gasteiger partial charge in [-0.15, -0.1) is 0 Å². The summed E-state index contributed by atoms with van der Waals surface area (Å²) in [7, 11) is 0. The minimum atomic E-state index is -0.00315. The maximum absolute atomic E-state index is 9.32. The molecule has 1 aromatic carbocycles. The Hall–Kier alpha value is -1.06. The summed E-state index contributed by atoms with van der Waals surface area (Å²) in [5.74, 6) is 0.322. The van der Waals surface area contributed by atoms with Gasteiger partial charge in [-0.2, -0.15) is 0 Å². The fourth-order valence-corrected chi connectivity index (χ4v) is 2.11. The molecule has 0 radical (unpaired) electrons. The molecule has 1 heterocycles. The smallest absolute Gasteiger partial charge is 0.115 e. The molecule has 0 spiro atoms. The molecule has 88 valence electrons. The molecule has 0 bridgehead atoms. The van der Waals surface area contributed by atoms with E-state index in [1.54, 1.807) is 12.1 Å². The predicted molar refractivity (Wildman–Crippen MR) is 63.4 cm³/mol. The van der Waals surface area contributed by atoms with E-state index in [2.05, 4.69) is 12.2 Å². The van der Waals surface area contributed by atoms with Gasteiger partial charge in [0, 0.05) is 19.7 Å². The summed E-state index contributed by atoms with van der Waals surface area (Å²) in [4.78, 5) is 0. The van der Waals surface area contributed by atoms with Crippen LogP contribution in [0.1, 0.15) is 25.3 Å². The summed E-state index contributed by atoms with van der Waals surface area (Å²) in [6, 6.07) is 7.33. The molecule has 0 saturated carbocycles. The molecule has 2 rings (SSSR count). The summed E-state index contributed by atoms with van der Waals surface area (Å²) < 4.78 is 5.69. The molecule has 0 aliphatic carbocycles. The number of hydrogen-bond donors (Lipinski definition) is 2. The molecule has 0 amide bonds. The first-order valence-electron chi connectivity index (χ1n) is 5.81. The van der Waals surface area contributed by atoms with Gasteiger partial charge in [0.25, 0.3) is 0 Å². The molecule has 1 aliphatic heterocycles. The van der Waals surface area contributed by atoms with Gasteiger partial charge in [-0.1, -0.05) is 12.1 Å². The third kappa shape index (κ3) is 2.97. The molecule has 1 fully saturated rings. The van der Waals surface area contributed by atoms with E-state index in [9.17, 15) is 5.11 Å². The quantitative estimate of drug-likeness (QED) is 0.817. The van der Waals surface area contributed by atoms with Gasteiger partial charge in [-0.3, -0.25) is 0 Å². The topological polar surface area (TPSA) is 41.5 Å². The molecule has 0 aromatic heterocycles. The highest BCUT2D eigenvalue weighted by atomic mass is 16.5. The number of phenols is 1. The molecule has 3 nitrogen and oxygen atoms in total. The van der Waals surface area contributed by atoms with Gasteiger partial charge < -0.3 is 15.2 Å². The van der Waals surface area contributed by atoms with Gasteiger partial charge >= 0.3 is 0 Å². The summed E-state index contributed by atoms with van der Waals surface area (Å²) >= 11 is 0. The Labute approximate surface area is 96.4 Å². The van der Waals surface area contributed by atoms with Crippen LogP contribution in [0.15, 0.2) is 24.3 Å². The maximum atomic E-state index is 9.32. The highest BCUT2D eigenvalue weighted by Crippen LogP contribution is 2.24. The second kappa shape index (κ2) is 4.85. The number of benzene rings is 1. The molecule has 1 atom stereocenters. The molecular weight excluding hydrogens is 202 g/mol. The predicted octanol–water partition coefficient (Wildman–Crippen LogP) is 2.05. The van der Waals surface area contributed by atoms with Gasteiger partial charge in [-0.05, 0) is 37.5 Å². The molecule has 3 heteroatoms. The zero-order valence-electron chi connectivity index (χ0n) is 9.70. The number of phenolic OH excluding ortho intramolecular Hbond substituents is 1. The Morgan fingerprint density at radius 1 is 1.50 bits per heavy atom. The lowest BCUT2D eigenvalue weighted by molar-refractivity contribution is 0.0207. The van der Waals surface area contributed by atoms with Crippen molar-refractivity contribution in [2.75, 3.05) is 13.2 Å². The van der Waals surface area contributed by atoms with Gasteiger partial charge in [0.15, 0.2) is 0 Å². The van der Waals surface area contributed by atoms with E-state index in [0.717, 1.165) is 38.1 Å². The molecule has 2 N–H and O–H groups in total.